The fraction of sp³-hybridized carbons (Fsp3) is 0.271. The Balaban J connectivity index is 1.08. The number of amides is 5. The molecule has 5 aromatic rings. The number of unbranched alkanes of at least 4 members (excludes halogenated alkanes) is 1. The third kappa shape index (κ3) is 11.9. The number of carbonyl (C=O) groups is 5. The predicted octanol–water partition coefficient (Wildman–Crippen LogP) is 4.69. The molecule has 1 aliphatic rings. The molecular formula is C48H52N6O6. The number of nitrogens with two attached hydrogens (primary N) is 2. The van der Waals surface area contributed by atoms with E-state index < -0.39 is 53.9 Å². The molecule has 0 radical (unpaired) electrons. The van der Waals surface area contributed by atoms with E-state index >= 15 is 0 Å². The predicted molar refractivity (Wildman–Crippen MR) is 230 cm³/mol. The average Bonchev–Trinajstić information content (AvgIpc) is 3.58. The molecule has 5 amide bonds. The summed E-state index contributed by atoms with van der Waals surface area (Å²) in [5.74, 6) is -2.53. The topological polar surface area (TPSA) is 195 Å². The number of hydrogen-bond acceptors (Lipinski definition) is 7. The van der Waals surface area contributed by atoms with E-state index in [2.05, 4.69) is 45.5 Å². The second-order valence-corrected chi connectivity index (χ2v) is 15.0. The molecule has 0 aliphatic heterocycles. The van der Waals surface area contributed by atoms with Crippen LogP contribution in [0.15, 0.2) is 140 Å². The van der Waals surface area contributed by atoms with E-state index in [0.29, 0.717) is 12.8 Å². The standard InChI is InChI=1S/C48H52N6O6/c49-40(28-32-16-4-1-5-17-32)45(56)52-41(26-14-15-27-51-48(59)60-31-39-37-24-12-10-22-35(37)36-23-11-13-25-38(36)39)46(57)54-43(30-34-20-8-3-9-21-34)47(58)53-42(44(50)55)29-33-18-6-2-7-19-33/h1-13,16-25,39-43H,14-15,26-31,49H2,(H2,50,55)(H,51,59)(H,52,56)(H,53,58)(H,54,57)/t40-,41-,42-,43-/m0/s1. The Labute approximate surface area is 350 Å². The highest BCUT2D eigenvalue weighted by Crippen LogP contribution is 2.44. The van der Waals surface area contributed by atoms with Crippen LogP contribution in [-0.4, -0.2) is 67.0 Å². The van der Waals surface area contributed by atoms with E-state index in [1.54, 1.807) is 0 Å². The van der Waals surface area contributed by atoms with Gasteiger partial charge in [-0.3, -0.25) is 19.2 Å². The van der Waals surface area contributed by atoms with Crippen molar-refractivity contribution in [1.82, 2.24) is 21.3 Å². The highest BCUT2D eigenvalue weighted by molar-refractivity contribution is 5.95. The molecule has 12 heteroatoms. The van der Waals surface area contributed by atoms with Gasteiger partial charge in [-0.1, -0.05) is 140 Å². The number of nitrogens with one attached hydrogen (secondary N) is 4. The second kappa shape index (κ2) is 21.3. The minimum atomic E-state index is -1.12. The quantitative estimate of drug-likeness (QED) is 0.0614. The van der Waals surface area contributed by atoms with E-state index in [1.807, 2.05) is 115 Å². The Hall–Kier alpha value is -6.79. The van der Waals surface area contributed by atoms with Gasteiger partial charge in [0.05, 0.1) is 6.04 Å². The van der Waals surface area contributed by atoms with E-state index in [9.17, 15) is 24.0 Å². The lowest BCUT2D eigenvalue weighted by atomic mass is 9.98. The number of hydrogen-bond donors (Lipinski definition) is 6. The Morgan fingerprint density at radius 3 is 1.53 bits per heavy atom. The summed E-state index contributed by atoms with van der Waals surface area (Å²) in [6.45, 7) is 0.447. The van der Waals surface area contributed by atoms with Crippen LogP contribution in [-0.2, 0) is 43.2 Å². The molecule has 0 heterocycles. The Bertz CT molecular complexity index is 2180. The monoisotopic (exact) mass is 808 g/mol. The Kier molecular flexibility index (Phi) is 15.2. The van der Waals surface area contributed by atoms with Gasteiger partial charge in [-0.05, 0) is 64.6 Å². The number of fused-ring (bicyclic) bond motifs is 3. The maximum atomic E-state index is 14.1. The molecule has 0 spiro atoms. The number of primary amides is 1. The van der Waals surface area contributed by atoms with Crippen molar-refractivity contribution in [3.63, 3.8) is 0 Å². The van der Waals surface area contributed by atoms with Crippen LogP contribution in [0, 0.1) is 0 Å². The molecule has 310 valence electrons. The summed E-state index contributed by atoms with van der Waals surface area (Å²) in [4.78, 5) is 66.8. The molecule has 5 aromatic carbocycles. The van der Waals surface area contributed by atoms with Gasteiger partial charge in [0.15, 0.2) is 0 Å². The zero-order valence-electron chi connectivity index (χ0n) is 33.4. The van der Waals surface area contributed by atoms with Crippen LogP contribution in [0.5, 0.6) is 0 Å². The number of ether oxygens (including phenoxy) is 1. The summed E-state index contributed by atoms with van der Waals surface area (Å²) in [5.41, 5.74) is 19.0. The molecule has 1 aliphatic carbocycles. The molecule has 60 heavy (non-hydrogen) atoms. The third-order valence-corrected chi connectivity index (χ3v) is 10.7. The second-order valence-electron chi connectivity index (χ2n) is 15.0. The van der Waals surface area contributed by atoms with Crippen molar-refractivity contribution in [2.45, 2.75) is 68.6 Å². The maximum Gasteiger partial charge on any atom is 0.407 e. The molecule has 0 unspecified atom stereocenters. The number of rotatable bonds is 20. The summed E-state index contributed by atoms with van der Waals surface area (Å²) in [7, 11) is 0. The fourth-order valence-corrected chi connectivity index (χ4v) is 7.50. The summed E-state index contributed by atoms with van der Waals surface area (Å²) in [5, 5.41) is 11.2. The summed E-state index contributed by atoms with van der Waals surface area (Å²) in [6, 6.07) is 39.6. The molecule has 6 rings (SSSR count). The Morgan fingerprint density at radius 1 is 0.533 bits per heavy atom. The minimum Gasteiger partial charge on any atom is -0.449 e. The zero-order chi connectivity index (χ0) is 42.3. The molecule has 0 aromatic heterocycles. The highest BCUT2D eigenvalue weighted by atomic mass is 16.5. The van der Waals surface area contributed by atoms with Crippen molar-refractivity contribution >= 4 is 29.7 Å². The van der Waals surface area contributed by atoms with Crippen LogP contribution in [0.2, 0.25) is 0 Å². The molecule has 8 N–H and O–H groups in total. The lowest BCUT2D eigenvalue weighted by Crippen LogP contribution is -2.58. The van der Waals surface area contributed by atoms with Crippen molar-refractivity contribution < 1.29 is 28.7 Å². The van der Waals surface area contributed by atoms with Crippen molar-refractivity contribution in [3.05, 3.63) is 167 Å². The van der Waals surface area contributed by atoms with E-state index in [0.717, 1.165) is 38.9 Å². The first-order valence-electron chi connectivity index (χ1n) is 20.3. The van der Waals surface area contributed by atoms with Gasteiger partial charge in [-0.2, -0.15) is 0 Å². The summed E-state index contributed by atoms with van der Waals surface area (Å²) >= 11 is 0. The normalized spacial score (nSPS) is 13.7. The average molecular weight is 809 g/mol. The van der Waals surface area contributed by atoms with Gasteiger partial charge >= 0.3 is 6.09 Å². The first-order chi connectivity index (χ1) is 29.2. The van der Waals surface area contributed by atoms with Gasteiger partial charge in [0, 0.05) is 25.3 Å². The first-order valence-corrected chi connectivity index (χ1v) is 20.3. The van der Waals surface area contributed by atoms with Gasteiger partial charge in [0.1, 0.15) is 24.7 Å². The van der Waals surface area contributed by atoms with Gasteiger partial charge in [0.25, 0.3) is 0 Å². The van der Waals surface area contributed by atoms with Crippen LogP contribution < -0.4 is 32.7 Å². The van der Waals surface area contributed by atoms with Gasteiger partial charge in [-0.25, -0.2) is 4.79 Å². The number of benzene rings is 5. The van der Waals surface area contributed by atoms with E-state index in [-0.39, 0.29) is 44.8 Å². The first kappa shape index (κ1) is 42.8. The van der Waals surface area contributed by atoms with Gasteiger partial charge < -0.3 is 37.5 Å². The van der Waals surface area contributed by atoms with Gasteiger partial charge in [-0.15, -0.1) is 0 Å². The van der Waals surface area contributed by atoms with Crippen molar-refractivity contribution in [2.75, 3.05) is 13.2 Å². The van der Waals surface area contributed by atoms with E-state index in [1.165, 1.54) is 0 Å². The van der Waals surface area contributed by atoms with Crippen molar-refractivity contribution in [3.8, 4) is 11.1 Å². The van der Waals surface area contributed by atoms with Crippen LogP contribution >= 0.6 is 0 Å². The Morgan fingerprint density at radius 2 is 0.983 bits per heavy atom. The van der Waals surface area contributed by atoms with Crippen molar-refractivity contribution in [1.29, 1.82) is 0 Å². The molecule has 0 fully saturated rings. The largest absolute Gasteiger partial charge is 0.449 e. The maximum absolute atomic E-state index is 14.1. The molecule has 4 atom stereocenters. The zero-order valence-corrected chi connectivity index (χ0v) is 33.4. The highest BCUT2D eigenvalue weighted by Gasteiger charge is 2.31. The molecule has 12 nitrogen and oxygen atoms in total. The molecule has 0 saturated carbocycles. The minimum absolute atomic E-state index is 0.0716. The van der Waals surface area contributed by atoms with Crippen LogP contribution in [0.25, 0.3) is 11.1 Å². The lowest BCUT2D eigenvalue weighted by Gasteiger charge is -2.26. The smallest absolute Gasteiger partial charge is 0.407 e. The SMILES string of the molecule is NC(=O)[C@H](Cc1ccccc1)NC(=O)[C@H](Cc1ccccc1)NC(=O)[C@H](CCCCNC(=O)OCC1c2ccccc2-c2ccccc21)NC(=O)[C@@H](N)Cc1ccccc1. The van der Waals surface area contributed by atoms with Crippen LogP contribution in [0.4, 0.5) is 4.79 Å². The lowest BCUT2D eigenvalue weighted by molar-refractivity contribution is -0.133. The summed E-state index contributed by atoms with van der Waals surface area (Å²) in [6.07, 6.45) is 1.03. The van der Waals surface area contributed by atoms with Gasteiger partial charge in [0.2, 0.25) is 23.6 Å². The fourth-order valence-electron chi connectivity index (χ4n) is 7.50. The molecule has 0 bridgehead atoms. The molecular weight excluding hydrogens is 757 g/mol. The van der Waals surface area contributed by atoms with Crippen molar-refractivity contribution in [2.24, 2.45) is 11.5 Å². The summed E-state index contributed by atoms with van der Waals surface area (Å²) < 4.78 is 5.67. The van der Waals surface area contributed by atoms with Crippen LogP contribution in [0.3, 0.4) is 0 Å². The third-order valence-electron chi connectivity index (χ3n) is 10.7. The number of carbonyl (C=O) groups excluding carboxylic acids is 5. The van der Waals surface area contributed by atoms with Crippen LogP contribution in [0.1, 0.15) is 53.0 Å². The number of alkyl carbamates (subject to hydrolysis) is 1. The molecule has 0 saturated heterocycles. The van der Waals surface area contributed by atoms with E-state index in [4.69, 9.17) is 16.2 Å².